The van der Waals surface area contributed by atoms with Crippen molar-refractivity contribution < 1.29 is 9.84 Å². The Bertz CT molecular complexity index is 422. The zero-order valence-electron chi connectivity index (χ0n) is 15.7. The van der Waals surface area contributed by atoms with Gasteiger partial charge in [0.1, 0.15) is 5.75 Å². The fourth-order valence-corrected chi connectivity index (χ4v) is 2.88. The van der Waals surface area contributed by atoms with Crippen LogP contribution < -0.4 is 4.74 Å². The van der Waals surface area contributed by atoms with Gasteiger partial charge in [0.2, 0.25) is 0 Å². The number of methoxy groups -OCH3 is 1. The van der Waals surface area contributed by atoms with Crippen LogP contribution in [0.5, 0.6) is 5.75 Å². The predicted molar refractivity (Wildman–Crippen MR) is 104 cm³/mol. The van der Waals surface area contributed by atoms with Gasteiger partial charge in [-0.05, 0) is 43.4 Å². The van der Waals surface area contributed by atoms with Crippen molar-refractivity contribution in [3.8, 4) is 5.75 Å². The van der Waals surface area contributed by atoms with Crippen LogP contribution in [0.25, 0.3) is 0 Å². The summed E-state index contributed by atoms with van der Waals surface area (Å²) >= 11 is 0. The number of allylic oxidation sites excluding steroid dienone is 2. The van der Waals surface area contributed by atoms with Gasteiger partial charge in [-0.2, -0.15) is 0 Å². The Hall–Kier alpha value is -1.28. The topological polar surface area (TPSA) is 29.5 Å². The average molecular weight is 333 g/mol. The highest BCUT2D eigenvalue weighted by Gasteiger charge is 2.07. The van der Waals surface area contributed by atoms with E-state index in [2.05, 4.69) is 19.1 Å². The number of hydrogen-bond donors (Lipinski definition) is 1. The maximum Gasteiger partial charge on any atom is 0.118 e. The highest BCUT2D eigenvalue weighted by molar-refractivity contribution is 5.28. The van der Waals surface area contributed by atoms with Crippen molar-refractivity contribution in [2.45, 2.75) is 83.7 Å². The molecule has 1 atom stereocenters. The molecular weight excluding hydrogens is 296 g/mol. The first-order chi connectivity index (χ1) is 11.8. The summed E-state index contributed by atoms with van der Waals surface area (Å²) in [6.45, 7) is 2.22. The van der Waals surface area contributed by atoms with Gasteiger partial charge in [0, 0.05) is 0 Å². The van der Waals surface area contributed by atoms with Crippen LogP contribution in [-0.4, -0.2) is 12.2 Å². The number of ether oxygens (including phenoxy) is 1. The number of rotatable bonds is 14. The van der Waals surface area contributed by atoms with Crippen LogP contribution in [0.15, 0.2) is 36.4 Å². The van der Waals surface area contributed by atoms with Gasteiger partial charge in [-0.1, -0.05) is 76.2 Å². The Morgan fingerprint density at radius 3 is 2.08 bits per heavy atom. The first-order valence-corrected chi connectivity index (χ1v) is 9.75. The largest absolute Gasteiger partial charge is 0.497 e. The zero-order valence-corrected chi connectivity index (χ0v) is 15.7. The minimum Gasteiger partial charge on any atom is -0.497 e. The molecule has 0 aromatic heterocycles. The maximum atomic E-state index is 10.2. The van der Waals surface area contributed by atoms with E-state index < -0.39 is 0 Å². The van der Waals surface area contributed by atoms with Gasteiger partial charge in [0.15, 0.2) is 0 Å². The molecule has 0 aliphatic rings. The minimum atomic E-state index is -0.342. The molecule has 1 N–H and O–H groups in total. The van der Waals surface area contributed by atoms with Crippen molar-refractivity contribution >= 4 is 0 Å². The molecule has 0 radical (unpaired) electrons. The number of hydrogen-bond acceptors (Lipinski definition) is 2. The molecule has 136 valence electrons. The average Bonchev–Trinajstić information content (AvgIpc) is 2.62. The van der Waals surface area contributed by atoms with Gasteiger partial charge in [-0.25, -0.2) is 0 Å². The number of aliphatic hydroxyl groups is 1. The molecule has 0 saturated carbocycles. The van der Waals surface area contributed by atoms with Crippen LogP contribution in [0.4, 0.5) is 0 Å². The highest BCUT2D eigenvalue weighted by Crippen LogP contribution is 2.22. The molecule has 0 aliphatic heterocycles. The Kier molecular flexibility index (Phi) is 12.2. The van der Waals surface area contributed by atoms with E-state index in [9.17, 15) is 5.11 Å². The lowest BCUT2D eigenvalue weighted by Gasteiger charge is -2.11. The third-order valence-electron chi connectivity index (χ3n) is 4.47. The molecular formula is C22H36O2. The van der Waals surface area contributed by atoms with Gasteiger partial charge in [0.25, 0.3) is 0 Å². The van der Waals surface area contributed by atoms with Crippen molar-refractivity contribution in [2.24, 2.45) is 0 Å². The smallest absolute Gasteiger partial charge is 0.118 e. The molecule has 1 unspecified atom stereocenters. The van der Waals surface area contributed by atoms with Crippen molar-refractivity contribution in [3.05, 3.63) is 42.0 Å². The summed E-state index contributed by atoms with van der Waals surface area (Å²) in [5.41, 5.74) is 0.993. The third kappa shape index (κ3) is 9.77. The lowest BCUT2D eigenvalue weighted by atomic mass is 10.0. The number of benzene rings is 1. The minimum absolute atomic E-state index is 0.342. The van der Waals surface area contributed by atoms with E-state index in [1.165, 1.54) is 57.8 Å². The molecule has 0 saturated heterocycles. The van der Waals surface area contributed by atoms with Gasteiger partial charge in [0.05, 0.1) is 13.2 Å². The lowest BCUT2D eigenvalue weighted by Crippen LogP contribution is -1.97. The Morgan fingerprint density at radius 1 is 0.875 bits per heavy atom. The molecule has 0 heterocycles. The second-order valence-electron chi connectivity index (χ2n) is 6.60. The summed E-state index contributed by atoms with van der Waals surface area (Å²) in [4.78, 5) is 0. The number of unbranched alkanes of at least 4 members (excludes halogenated alkanes) is 8. The third-order valence-corrected chi connectivity index (χ3v) is 4.47. The molecule has 1 rings (SSSR count). The SMILES string of the molecule is CCCC=CCCCCCCCCCC(O)c1ccc(OC)cc1. The molecule has 0 fully saturated rings. The summed E-state index contributed by atoms with van der Waals surface area (Å²) in [5.74, 6) is 0.840. The first-order valence-electron chi connectivity index (χ1n) is 9.75. The summed E-state index contributed by atoms with van der Waals surface area (Å²) in [6.07, 6.45) is 17.9. The monoisotopic (exact) mass is 332 g/mol. The Morgan fingerprint density at radius 2 is 1.46 bits per heavy atom. The van der Waals surface area contributed by atoms with E-state index in [0.29, 0.717) is 0 Å². The second kappa shape index (κ2) is 14.1. The van der Waals surface area contributed by atoms with Crippen LogP contribution >= 0.6 is 0 Å². The molecule has 0 aliphatic carbocycles. The van der Waals surface area contributed by atoms with Crippen LogP contribution in [-0.2, 0) is 0 Å². The molecule has 1 aromatic rings. The van der Waals surface area contributed by atoms with Crippen molar-refractivity contribution in [2.75, 3.05) is 7.11 Å². The maximum absolute atomic E-state index is 10.2. The van der Waals surface area contributed by atoms with Crippen molar-refractivity contribution in [1.82, 2.24) is 0 Å². The molecule has 2 heteroatoms. The first kappa shape index (κ1) is 20.8. The Labute approximate surface area is 148 Å². The van der Waals surface area contributed by atoms with Gasteiger partial charge >= 0.3 is 0 Å². The van der Waals surface area contributed by atoms with E-state index in [1.54, 1.807) is 7.11 Å². The standard InChI is InChI=1S/C22H36O2/c1-3-4-5-6-7-8-9-10-11-12-13-14-15-22(23)20-16-18-21(24-2)19-17-20/h5-6,16-19,22-23H,3-4,7-15H2,1-2H3. The summed E-state index contributed by atoms with van der Waals surface area (Å²) < 4.78 is 5.14. The molecule has 24 heavy (non-hydrogen) atoms. The summed E-state index contributed by atoms with van der Waals surface area (Å²) in [6, 6.07) is 7.74. The highest BCUT2D eigenvalue weighted by atomic mass is 16.5. The van der Waals surface area contributed by atoms with E-state index in [0.717, 1.165) is 24.2 Å². The van der Waals surface area contributed by atoms with E-state index in [1.807, 2.05) is 24.3 Å². The quantitative estimate of drug-likeness (QED) is 0.307. The van der Waals surface area contributed by atoms with Crippen LogP contribution in [0.2, 0.25) is 0 Å². The Balaban J connectivity index is 1.96. The molecule has 0 bridgehead atoms. The van der Waals surface area contributed by atoms with Crippen molar-refractivity contribution in [1.29, 1.82) is 0 Å². The van der Waals surface area contributed by atoms with E-state index in [-0.39, 0.29) is 6.10 Å². The number of aliphatic hydroxyl groups excluding tert-OH is 1. The van der Waals surface area contributed by atoms with Gasteiger partial charge in [-0.3, -0.25) is 0 Å². The van der Waals surface area contributed by atoms with Gasteiger partial charge < -0.3 is 9.84 Å². The predicted octanol–water partition coefficient (Wildman–Crippen LogP) is 6.60. The normalized spacial score (nSPS) is 12.6. The van der Waals surface area contributed by atoms with Crippen LogP contribution in [0.1, 0.15) is 89.2 Å². The van der Waals surface area contributed by atoms with Crippen LogP contribution in [0, 0.1) is 0 Å². The summed E-state index contributed by atoms with van der Waals surface area (Å²) in [5, 5.41) is 10.2. The lowest BCUT2D eigenvalue weighted by molar-refractivity contribution is 0.163. The molecule has 1 aromatic carbocycles. The van der Waals surface area contributed by atoms with E-state index >= 15 is 0 Å². The zero-order chi connectivity index (χ0) is 17.5. The molecule has 0 amide bonds. The molecule has 0 spiro atoms. The molecule has 2 nitrogen and oxygen atoms in total. The van der Waals surface area contributed by atoms with E-state index in [4.69, 9.17) is 4.74 Å². The second-order valence-corrected chi connectivity index (χ2v) is 6.60. The van der Waals surface area contributed by atoms with Crippen molar-refractivity contribution in [3.63, 3.8) is 0 Å². The fourth-order valence-electron chi connectivity index (χ4n) is 2.88. The van der Waals surface area contributed by atoms with Gasteiger partial charge in [-0.15, -0.1) is 0 Å². The fraction of sp³-hybridized carbons (Fsp3) is 0.636. The van der Waals surface area contributed by atoms with Crippen LogP contribution in [0.3, 0.4) is 0 Å². The summed E-state index contributed by atoms with van der Waals surface area (Å²) in [7, 11) is 1.66.